The van der Waals surface area contributed by atoms with Gasteiger partial charge in [0, 0.05) is 17.0 Å². The number of aromatic nitrogens is 1. The molecule has 2 aromatic rings. The van der Waals surface area contributed by atoms with E-state index in [1.54, 1.807) is 7.11 Å². The first-order valence-corrected chi connectivity index (χ1v) is 5.64. The molecule has 3 heteroatoms. The summed E-state index contributed by atoms with van der Waals surface area (Å²) in [6, 6.07) is 5.85. The number of halogens is 1. The highest BCUT2D eigenvalue weighted by Crippen LogP contribution is 2.35. The van der Waals surface area contributed by atoms with Gasteiger partial charge in [-0.3, -0.25) is 0 Å². The minimum atomic E-state index is 0.392. The van der Waals surface area contributed by atoms with Crippen LogP contribution in [0.1, 0.15) is 25.3 Å². The summed E-state index contributed by atoms with van der Waals surface area (Å²) >= 11 is 6.10. The van der Waals surface area contributed by atoms with Gasteiger partial charge in [-0.15, -0.1) is 0 Å². The van der Waals surface area contributed by atoms with Crippen molar-refractivity contribution in [1.29, 1.82) is 0 Å². The van der Waals surface area contributed by atoms with Crippen LogP contribution in [-0.4, -0.2) is 12.1 Å². The van der Waals surface area contributed by atoms with Crippen LogP contribution in [0.4, 0.5) is 0 Å². The fourth-order valence-corrected chi connectivity index (χ4v) is 2.08. The molecule has 0 saturated heterocycles. The lowest BCUT2D eigenvalue weighted by Gasteiger charge is -2.13. The third kappa shape index (κ3) is 1.74. The first-order chi connectivity index (χ1) is 7.65. The second-order valence-corrected chi connectivity index (χ2v) is 4.40. The zero-order chi connectivity index (χ0) is 11.7. The monoisotopic (exact) mass is 235 g/mol. The number of benzene rings is 1. The molecule has 1 heterocycles. The minimum Gasteiger partial charge on any atom is -0.496 e. The molecule has 2 rings (SSSR count). The predicted molar refractivity (Wildman–Crippen MR) is 67.4 cm³/mol. The van der Waals surface area contributed by atoms with Crippen LogP contribution < -0.4 is 4.74 Å². The lowest BCUT2D eigenvalue weighted by atomic mass is 9.98. The first-order valence-electron chi connectivity index (χ1n) is 5.26. The van der Waals surface area contributed by atoms with Gasteiger partial charge in [-0.05, 0) is 17.5 Å². The quantitative estimate of drug-likeness (QED) is 0.734. The maximum absolute atomic E-state index is 6.10. The van der Waals surface area contributed by atoms with Crippen molar-refractivity contribution in [3.63, 3.8) is 0 Å². The van der Waals surface area contributed by atoms with E-state index < -0.39 is 0 Å². The van der Waals surface area contributed by atoms with Crippen molar-refractivity contribution in [2.75, 3.05) is 7.11 Å². The molecule has 16 heavy (non-hydrogen) atoms. The minimum absolute atomic E-state index is 0.392. The fourth-order valence-electron chi connectivity index (χ4n) is 1.87. The summed E-state index contributed by atoms with van der Waals surface area (Å²) in [6.45, 7) is 4.27. The largest absolute Gasteiger partial charge is 0.496 e. The van der Waals surface area contributed by atoms with E-state index in [0.717, 1.165) is 22.1 Å². The van der Waals surface area contributed by atoms with Crippen molar-refractivity contribution >= 4 is 22.4 Å². The molecule has 1 aromatic carbocycles. The number of hydrogen-bond donors (Lipinski definition) is 0. The lowest BCUT2D eigenvalue weighted by molar-refractivity contribution is 0.419. The summed E-state index contributed by atoms with van der Waals surface area (Å²) in [4.78, 5) is 4.21. The van der Waals surface area contributed by atoms with Gasteiger partial charge in [0.2, 0.25) is 0 Å². The average Bonchev–Trinajstić information content (AvgIpc) is 2.28. The van der Waals surface area contributed by atoms with Gasteiger partial charge in [0.1, 0.15) is 10.9 Å². The van der Waals surface area contributed by atoms with Crippen LogP contribution in [-0.2, 0) is 0 Å². The molecule has 0 aliphatic rings. The van der Waals surface area contributed by atoms with Crippen LogP contribution in [0, 0.1) is 0 Å². The molecular weight excluding hydrogens is 222 g/mol. The van der Waals surface area contributed by atoms with Crippen LogP contribution in [0.5, 0.6) is 5.75 Å². The van der Waals surface area contributed by atoms with Gasteiger partial charge in [-0.1, -0.05) is 37.6 Å². The highest BCUT2D eigenvalue weighted by Gasteiger charge is 2.12. The van der Waals surface area contributed by atoms with Gasteiger partial charge in [0.25, 0.3) is 0 Å². The van der Waals surface area contributed by atoms with Gasteiger partial charge in [0.15, 0.2) is 0 Å². The molecule has 0 aliphatic carbocycles. The summed E-state index contributed by atoms with van der Waals surface area (Å²) in [7, 11) is 1.67. The smallest absolute Gasteiger partial charge is 0.136 e. The van der Waals surface area contributed by atoms with E-state index >= 15 is 0 Å². The summed E-state index contributed by atoms with van der Waals surface area (Å²) in [5.74, 6) is 1.24. The van der Waals surface area contributed by atoms with Crippen molar-refractivity contribution in [1.82, 2.24) is 4.98 Å². The molecule has 0 bridgehead atoms. The Bertz CT molecular complexity index is 523. The lowest BCUT2D eigenvalue weighted by Crippen LogP contribution is -1.95. The highest BCUT2D eigenvalue weighted by atomic mass is 35.5. The molecule has 0 unspecified atom stereocenters. The third-order valence-electron chi connectivity index (χ3n) is 2.70. The van der Waals surface area contributed by atoms with Crippen LogP contribution in [0.15, 0.2) is 24.4 Å². The average molecular weight is 236 g/mol. The second kappa shape index (κ2) is 4.30. The predicted octanol–water partition coefficient (Wildman–Crippen LogP) is 4.02. The number of hydrogen-bond acceptors (Lipinski definition) is 2. The van der Waals surface area contributed by atoms with Crippen LogP contribution in [0.3, 0.4) is 0 Å². The van der Waals surface area contributed by atoms with Crippen molar-refractivity contribution in [2.45, 2.75) is 19.8 Å². The Hall–Kier alpha value is -1.28. The van der Waals surface area contributed by atoms with Crippen molar-refractivity contribution < 1.29 is 4.74 Å². The molecule has 0 spiro atoms. The summed E-state index contributed by atoms with van der Waals surface area (Å²) in [5.41, 5.74) is 1.16. The fraction of sp³-hybridized carbons (Fsp3) is 0.308. The normalized spacial score (nSPS) is 11.1. The third-order valence-corrected chi connectivity index (χ3v) is 3.00. The van der Waals surface area contributed by atoms with Gasteiger partial charge in [0.05, 0.1) is 7.11 Å². The number of nitrogens with zero attached hydrogens (tertiary/aromatic N) is 1. The molecule has 0 amide bonds. The van der Waals surface area contributed by atoms with Gasteiger partial charge in [-0.25, -0.2) is 4.98 Å². The summed E-state index contributed by atoms with van der Waals surface area (Å²) < 4.78 is 5.39. The standard InChI is InChI=1S/C13H14ClNO/c1-8(2)10-7-15-13(14)9-5-4-6-11(16-3)12(9)10/h4-8H,1-3H3. The Morgan fingerprint density at radius 1 is 1.31 bits per heavy atom. The van der Waals surface area contributed by atoms with Gasteiger partial charge in [-0.2, -0.15) is 0 Å². The molecule has 0 N–H and O–H groups in total. The van der Waals surface area contributed by atoms with E-state index in [-0.39, 0.29) is 0 Å². The molecule has 1 aromatic heterocycles. The molecular formula is C13H14ClNO. The topological polar surface area (TPSA) is 22.1 Å². The molecule has 0 saturated carbocycles. The van der Waals surface area contributed by atoms with E-state index in [0.29, 0.717) is 11.1 Å². The van der Waals surface area contributed by atoms with E-state index in [4.69, 9.17) is 16.3 Å². The SMILES string of the molecule is COc1cccc2c(Cl)ncc(C(C)C)c12. The number of rotatable bonds is 2. The van der Waals surface area contributed by atoms with Crippen molar-refractivity contribution in [3.05, 3.63) is 35.1 Å². The van der Waals surface area contributed by atoms with E-state index in [1.807, 2.05) is 24.4 Å². The molecule has 0 atom stereocenters. The highest BCUT2D eigenvalue weighted by molar-refractivity contribution is 6.34. The molecule has 0 aliphatic heterocycles. The maximum atomic E-state index is 6.10. The number of methoxy groups -OCH3 is 1. The van der Waals surface area contributed by atoms with E-state index in [1.165, 1.54) is 0 Å². The zero-order valence-corrected chi connectivity index (χ0v) is 10.4. The zero-order valence-electron chi connectivity index (χ0n) is 9.62. The van der Waals surface area contributed by atoms with E-state index in [9.17, 15) is 0 Å². The van der Waals surface area contributed by atoms with E-state index in [2.05, 4.69) is 18.8 Å². The first kappa shape index (κ1) is 11.2. The Morgan fingerprint density at radius 3 is 2.69 bits per heavy atom. The Balaban J connectivity index is 2.88. The van der Waals surface area contributed by atoms with Crippen LogP contribution in [0.25, 0.3) is 10.8 Å². The van der Waals surface area contributed by atoms with Crippen LogP contribution in [0.2, 0.25) is 5.15 Å². The van der Waals surface area contributed by atoms with Crippen molar-refractivity contribution in [2.24, 2.45) is 0 Å². The van der Waals surface area contributed by atoms with Crippen LogP contribution >= 0.6 is 11.6 Å². The molecule has 0 fully saturated rings. The summed E-state index contributed by atoms with van der Waals surface area (Å²) in [5, 5.41) is 2.55. The Labute approximate surface area is 100 Å². The second-order valence-electron chi connectivity index (χ2n) is 4.04. The Kier molecular flexibility index (Phi) is 3.01. The molecule has 0 radical (unpaired) electrons. The summed E-state index contributed by atoms with van der Waals surface area (Å²) in [6.07, 6.45) is 1.83. The number of pyridine rings is 1. The number of fused-ring (bicyclic) bond motifs is 1. The molecule has 2 nitrogen and oxygen atoms in total. The molecule has 84 valence electrons. The Morgan fingerprint density at radius 2 is 2.06 bits per heavy atom. The van der Waals surface area contributed by atoms with Gasteiger partial charge < -0.3 is 4.74 Å². The number of ether oxygens (including phenoxy) is 1. The maximum Gasteiger partial charge on any atom is 0.136 e. The van der Waals surface area contributed by atoms with Crippen molar-refractivity contribution in [3.8, 4) is 5.75 Å². The van der Waals surface area contributed by atoms with Gasteiger partial charge >= 0.3 is 0 Å².